The van der Waals surface area contributed by atoms with Crippen LogP contribution in [0, 0.1) is 0 Å². The number of ether oxygens (including phenoxy) is 2. The Morgan fingerprint density at radius 3 is 2.38 bits per heavy atom. The summed E-state index contributed by atoms with van der Waals surface area (Å²) < 4.78 is 10.8. The van der Waals surface area contributed by atoms with Gasteiger partial charge in [-0.05, 0) is 56.4 Å². The van der Waals surface area contributed by atoms with Gasteiger partial charge >= 0.3 is 6.03 Å². The summed E-state index contributed by atoms with van der Waals surface area (Å²) in [4.78, 5) is 14.1. The van der Waals surface area contributed by atoms with Crippen molar-refractivity contribution in [3.63, 3.8) is 0 Å². The standard InChI is InChI=1S/C20H27N3O3/c1-23(15-16-25-2)14-6-13-21-20(24)22-17-9-11-19(12-10-17)26-18-7-4-3-5-8-18/h3-5,7-12H,6,13-16H2,1-2H3,(H2,21,22,24). The van der Waals surface area contributed by atoms with Crippen molar-refractivity contribution in [1.29, 1.82) is 0 Å². The number of carbonyl (C=O) groups excluding carboxylic acids is 1. The molecule has 2 N–H and O–H groups in total. The number of para-hydroxylation sites is 1. The van der Waals surface area contributed by atoms with Gasteiger partial charge in [-0.15, -0.1) is 0 Å². The molecule has 0 bridgehead atoms. The molecule has 0 unspecified atom stereocenters. The van der Waals surface area contributed by atoms with Crippen LogP contribution in [0.3, 0.4) is 0 Å². The molecule has 140 valence electrons. The van der Waals surface area contributed by atoms with Crippen molar-refractivity contribution in [2.45, 2.75) is 6.42 Å². The van der Waals surface area contributed by atoms with E-state index in [1.54, 1.807) is 7.11 Å². The number of nitrogens with zero attached hydrogens (tertiary/aromatic N) is 1. The van der Waals surface area contributed by atoms with E-state index in [1.807, 2.05) is 61.6 Å². The minimum atomic E-state index is -0.207. The van der Waals surface area contributed by atoms with E-state index in [1.165, 1.54) is 0 Å². The minimum absolute atomic E-state index is 0.207. The van der Waals surface area contributed by atoms with Crippen LogP contribution < -0.4 is 15.4 Å². The van der Waals surface area contributed by atoms with Crippen molar-refractivity contribution < 1.29 is 14.3 Å². The van der Waals surface area contributed by atoms with Crippen LogP contribution in [0.2, 0.25) is 0 Å². The SMILES string of the molecule is COCCN(C)CCCNC(=O)Nc1ccc(Oc2ccccc2)cc1. The molecule has 0 saturated carbocycles. The van der Waals surface area contributed by atoms with Gasteiger partial charge in [0.15, 0.2) is 0 Å². The van der Waals surface area contributed by atoms with Gasteiger partial charge in [0.05, 0.1) is 6.61 Å². The zero-order chi connectivity index (χ0) is 18.6. The van der Waals surface area contributed by atoms with Crippen LogP contribution in [0.4, 0.5) is 10.5 Å². The van der Waals surface area contributed by atoms with E-state index in [0.717, 1.165) is 36.7 Å². The van der Waals surface area contributed by atoms with Gasteiger partial charge in [0, 0.05) is 25.9 Å². The number of carbonyl (C=O) groups is 1. The van der Waals surface area contributed by atoms with Crippen LogP contribution in [0.25, 0.3) is 0 Å². The molecule has 2 rings (SSSR count). The number of likely N-dealkylation sites (N-methyl/N-ethyl adjacent to an activating group) is 1. The van der Waals surface area contributed by atoms with Crippen molar-refractivity contribution >= 4 is 11.7 Å². The van der Waals surface area contributed by atoms with E-state index in [9.17, 15) is 4.79 Å². The van der Waals surface area contributed by atoms with Gasteiger partial charge < -0.3 is 25.0 Å². The van der Waals surface area contributed by atoms with Crippen molar-refractivity contribution in [1.82, 2.24) is 10.2 Å². The van der Waals surface area contributed by atoms with Crippen LogP contribution in [0.1, 0.15) is 6.42 Å². The molecule has 6 heteroatoms. The Morgan fingerprint density at radius 2 is 1.69 bits per heavy atom. The van der Waals surface area contributed by atoms with Crippen molar-refractivity contribution in [3.05, 3.63) is 54.6 Å². The highest BCUT2D eigenvalue weighted by atomic mass is 16.5. The summed E-state index contributed by atoms with van der Waals surface area (Å²) in [5.74, 6) is 1.50. The fraction of sp³-hybridized carbons (Fsp3) is 0.350. The van der Waals surface area contributed by atoms with Crippen LogP contribution in [0.15, 0.2) is 54.6 Å². The maximum atomic E-state index is 11.9. The molecule has 26 heavy (non-hydrogen) atoms. The smallest absolute Gasteiger partial charge is 0.319 e. The molecule has 6 nitrogen and oxygen atoms in total. The third-order valence-corrected chi connectivity index (χ3v) is 3.77. The zero-order valence-corrected chi connectivity index (χ0v) is 15.4. The summed E-state index contributed by atoms with van der Waals surface area (Å²) in [6, 6.07) is 16.7. The van der Waals surface area contributed by atoms with E-state index >= 15 is 0 Å². The van der Waals surface area contributed by atoms with E-state index < -0.39 is 0 Å². The van der Waals surface area contributed by atoms with Gasteiger partial charge in [0.1, 0.15) is 11.5 Å². The lowest BCUT2D eigenvalue weighted by atomic mass is 10.3. The number of hydrogen-bond donors (Lipinski definition) is 2. The molecule has 0 radical (unpaired) electrons. The van der Waals surface area contributed by atoms with Gasteiger partial charge in [-0.1, -0.05) is 18.2 Å². The molecule has 0 spiro atoms. The summed E-state index contributed by atoms with van der Waals surface area (Å²) in [5.41, 5.74) is 0.722. The second kappa shape index (κ2) is 11.1. The molecule has 2 amide bonds. The quantitative estimate of drug-likeness (QED) is 0.638. The maximum Gasteiger partial charge on any atom is 0.319 e. The van der Waals surface area contributed by atoms with Crippen LogP contribution in [-0.2, 0) is 4.74 Å². The van der Waals surface area contributed by atoms with Crippen LogP contribution in [-0.4, -0.2) is 51.3 Å². The third kappa shape index (κ3) is 7.55. The lowest BCUT2D eigenvalue weighted by Gasteiger charge is -2.16. The predicted octanol–water partition coefficient (Wildman–Crippen LogP) is 3.57. The topological polar surface area (TPSA) is 62.8 Å². The van der Waals surface area contributed by atoms with Gasteiger partial charge in [0.2, 0.25) is 0 Å². The molecule has 0 aliphatic heterocycles. The summed E-state index contributed by atoms with van der Waals surface area (Å²) in [6.07, 6.45) is 0.886. The normalized spacial score (nSPS) is 10.6. The highest BCUT2D eigenvalue weighted by Gasteiger charge is 2.03. The number of urea groups is 1. The number of hydrogen-bond acceptors (Lipinski definition) is 4. The second-order valence-electron chi connectivity index (χ2n) is 5.97. The van der Waals surface area contributed by atoms with E-state index in [4.69, 9.17) is 9.47 Å². The van der Waals surface area contributed by atoms with Crippen molar-refractivity contribution in [3.8, 4) is 11.5 Å². The first kappa shape index (κ1) is 19.8. The fourth-order valence-electron chi connectivity index (χ4n) is 2.32. The van der Waals surface area contributed by atoms with E-state index in [0.29, 0.717) is 13.2 Å². The molecule has 0 aliphatic carbocycles. The van der Waals surface area contributed by atoms with Gasteiger partial charge in [-0.25, -0.2) is 4.79 Å². The number of benzene rings is 2. The second-order valence-corrected chi connectivity index (χ2v) is 5.97. The number of methoxy groups -OCH3 is 1. The Kier molecular flexibility index (Phi) is 8.45. The minimum Gasteiger partial charge on any atom is -0.457 e. The Hall–Kier alpha value is -2.57. The van der Waals surface area contributed by atoms with Gasteiger partial charge in [-0.3, -0.25) is 0 Å². The number of nitrogens with one attached hydrogen (secondary N) is 2. The largest absolute Gasteiger partial charge is 0.457 e. The Morgan fingerprint density at radius 1 is 1.00 bits per heavy atom. The lowest BCUT2D eigenvalue weighted by Crippen LogP contribution is -2.32. The first-order valence-electron chi connectivity index (χ1n) is 8.72. The molecular weight excluding hydrogens is 330 g/mol. The lowest BCUT2D eigenvalue weighted by molar-refractivity contribution is 0.160. The summed E-state index contributed by atoms with van der Waals surface area (Å²) in [5, 5.41) is 5.67. The summed E-state index contributed by atoms with van der Waals surface area (Å²) in [6.45, 7) is 3.14. The molecule has 0 fully saturated rings. The Bertz CT molecular complexity index is 647. The number of amides is 2. The number of anilines is 1. The molecular formula is C20H27N3O3. The fourth-order valence-corrected chi connectivity index (χ4v) is 2.32. The van der Waals surface area contributed by atoms with Crippen LogP contribution >= 0.6 is 0 Å². The molecule has 2 aromatic carbocycles. The highest BCUT2D eigenvalue weighted by molar-refractivity contribution is 5.89. The average molecular weight is 357 g/mol. The van der Waals surface area contributed by atoms with Crippen molar-refractivity contribution in [2.75, 3.05) is 45.7 Å². The van der Waals surface area contributed by atoms with Gasteiger partial charge in [0.25, 0.3) is 0 Å². The Labute approximate surface area is 155 Å². The summed E-state index contributed by atoms with van der Waals surface area (Å²) >= 11 is 0. The van der Waals surface area contributed by atoms with Crippen LogP contribution in [0.5, 0.6) is 11.5 Å². The zero-order valence-electron chi connectivity index (χ0n) is 15.4. The summed E-state index contributed by atoms with van der Waals surface area (Å²) in [7, 11) is 3.73. The highest BCUT2D eigenvalue weighted by Crippen LogP contribution is 2.22. The van der Waals surface area contributed by atoms with E-state index in [2.05, 4.69) is 15.5 Å². The predicted molar refractivity (Wildman–Crippen MR) is 104 cm³/mol. The number of rotatable bonds is 10. The average Bonchev–Trinajstić information content (AvgIpc) is 2.66. The molecule has 0 saturated heterocycles. The van der Waals surface area contributed by atoms with Crippen molar-refractivity contribution in [2.24, 2.45) is 0 Å². The maximum absolute atomic E-state index is 11.9. The third-order valence-electron chi connectivity index (χ3n) is 3.77. The monoisotopic (exact) mass is 357 g/mol. The Balaban J connectivity index is 1.67. The molecule has 0 heterocycles. The molecule has 2 aromatic rings. The van der Waals surface area contributed by atoms with E-state index in [-0.39, 0.29) is 6.03 Å². The first-order valence-corrected chi connectivity index (χ1v) is 8.72. The van der Waals surface area contributed by atoms with Gasteiger partial charge in [-0.2, -0.15) is 0 Å². The molecule has 0 atom stereocenters. The first-order chi connectivity index (χ1) is 12.7. The molecule has 0 aliphatic rings. The molecule has 0 aromatic heterocycles.